The van der Waals surface area contributed by atoms with E-state index in [4.69, 9.17) is 0 Å². The number of hydrogen-bond donors (Lipinski definition) is 1. The van der Waals surface area contributed by atoms with Gasteiger partial charge in [0.05, 0.1) is 14.1 Å². The summed E-state index contributed by atoms with van der Waals surface area (Å²) in [6.07, 6.45) is 1.14. The minimum Gasteiger partial charge on any atom is -0.315 e. The second-order valence-electron chi connectivity index (χ2n) is 3.63. The Bertz CT molecular complexity index is 319. The molecular weight excluding hydrogens is 295 g/mol. The van der Waals surface area contributed by atoms with Gasteiger partial charge in [-0.1, -0.05) is 22.6 Å². The maximum Gasteiger partial charge on any atom is 0.0900 e. The van der Waals surface area contributed by atoms with E-state index in [2.05, 4.69) is 46.7 Å². The van der Waals surface area contributed by atoms with Gasteiger partial charge in [0.25, 0.3) is 0 Å². The Balaban J connectivity index is 2.47. The minimum atomic E-state index is 0.175. The first-order valence-corrected chi connectivity index (χ1v) is 6.35. The SMILES string of the molecule is Cc1nc2c(s1)CCNCC2(C)I. The Morgan fingerprint density at radius 2 is 2.38 bits per heavy atom. The molecule has 0 saturated heterocycles. The molecule has 0 spiro atoms. The van der Waals surface area contributed by atoms with Gasteiger partial charge in [0.1, 0.15) is 0 Å². The zero-order valence-corrected chi connectivity index (χ0v) is 10.8. The largest absolute Gasteiger partial charge is 0.315 e. The summed E-state index contributed by atoms with van der Waals surface area (Å²) >= 11 is 4.35. The maximum absolute atomic E-state index is 4.64. The second-order valence-corrected chi connectivity index (χ2v) is 7.30. The molecule has 1 unspecified atom stereocenters. The van der Waals surface area contributed by atoms with Crippen LogP contribution in [0.25, 0.3) is 0 Å². The fourth-order valence-electron chi connectivity index (χ4n) is 1.65. The van der Waals surface area contributed by atoms with E-state index in [1.54, 1.807) is 0 Å². The number of nitrogens with zero attached hydrogens (tertiary/aromatic N) is 1. The van der Waals surface area contributed by atoms with Crippen LogP contribution in [-0.2, 0) is 9.84 Å². The zero-order valence-electron chi connectivity index (χ0n) is 7.85. The molecule has 1 aromatic heterocycles. The van der Waals surface area contributed by atoms with Crippen LogP contribution >= 0.6 is 33.9 Å². The molecule has 1 atom stereocenters. The van der Waals surface area contributed by atoms with E-state index in [1.165, 1.54) is 15.6 Å². The van der Waals surface area contributed by atoms with Gasteiger partial charge in [0.15, 0.2) is 0 Å². The molecule has 0 saturated carbocycles. The average Bonchev–Trinajstić information content (AvgIpc) is 2.36. The van der Waals surface area contributed by atoms with Gasteiger partial charge in [0, 0.05) is 18.0 Å². The Kier molecular flexibility index (Phi) is 2.63. The molecule has 1 aliphatic rings. The number of hydrogen-bond acceptors (Lipinski definition) is 3. The Morgan fingerprint density at radius 1 is 1.62 bits per heavy atom. The molecule has 0 radical (unpaired) electrons. The van der Waals surface area contributed by atoms with E-state index in [0.717, 1.165) is 19.5 Å². The lowest BCUT2D eigenvalue weighted by Gasteiger charge is -2.19. The highest BCUT2D eigenvalue weighted by molar-refractivity contribution is 14.1. The van der Waals surface area contributed by atoms with Crippen LogP contribution in [-0.4, -0.2) is 18.1 Å². The lowest BCUT2D eigenvalue weighted by atomic mass is 10.1. The molecule has 13 heavy (non-hydrogen) atoms. The highest BCUT2D eigenvalue weighted by Crippen LogP contribution is 2.36. The van der Waals surface area contributed by atoms with Crippen molar-refractivity contribution in [3.8, 4) is 0 Å². The van der Waals surface area contributed by atoms with Gasteiger partial charge in [-0.25, -0.2) is 4.98 Å². The Labute approximate surface area is 96.3 Å². The molecular formula is C9H13IN2S. The third-order valence-corrected chi connectivity index (χ3v) is 4.21. The number of nitrogens with one attached hydrogen (secondary N) is 1. The quantitative estimate of drug-likeness (QED) is 0.587. The predicted molar refractivity (Wildman–Crippen MR) is 64.8 cm³/mol. The van der Waals surface area contributed by atoms with E-state index in [0.29, 0.717) is 0 Å². The van der Waals surface area contributed by atoms with Crippen LogP contribution < -0.4 is 5.32 Å². The average molecular weight is 308 g/mol. The van der Waals surface area contributed by atoms with Crippen LogP contribution in [0, 0.1) is 6.92 Å². The molecule has 2 nitrogen and oxygen atoms in total. The van der Waals surface area contributed by atoms with Gasteiger partial charge < -0.3 is 5.32 Å². The van der Waals surface area contributed by atoms with Crippen molar-refractivity contribution in [2.75, 3.05) is 13.1 Å². The van der Waals surface area contributed by atoms with Gasteiger partial charge in [-0.05, 0) is 20.3 Å². The highest BCUT2D eigenvalue weighted by atomic mass is 127. The van der Waals surface area contributed by atoms with Crippen LogP contribution in [0.5, 0.6) is 0 Å². The van der Waals surface area contributed by atoms with E-state index in [-0.39, 0.29) is 3.42 Å². The topological polar surface area (TPSA) is 24.9 Å². The monoisotopic (exact) mass is 308 g/mol. The van der Waals surface area contributed by atoms with Crippen molar-refractivity contribution in [1.82, 2.24) is 10.3 Å². The summed E-state index contributed by atoms with van der Waals surface area (Å²) in [5.41, 5.74) is 1.31. The van der Waals surface area contributed by atoms with Crippen molar-refractivity contribution in [3.63, 3.8) is 0 Å². The molecule has 0 amide bonds. The zero-order chi connectivity index (χ0) is 9.47. The number of alkyl halides is 1. The van der Waals surface area contributed by atoms with Crippen molar-refractivity contribution < 1.29 is 0 Å². The Morgan fingerprint density at radius 3 is 3.15 bits per heavy atom. The maximum atomic E-state index is 4.64. The first-order valence-electron chi connectivity index (χ1n) is 4.46. The highest BCUT2D eigenvalue weighted by Gasteiger charge is 2.30. The van der Waals surface area contributed by atoms with Crippen molar-refractivity contribution >= 4 is 33.9 Å². The molecule has 72 valence electrons. The van der Waals surface area contributed by atoms with Gasteiger partial charge >= 0.3 is 0 Å². The van der Waals surface area contributed by atoms with Crippen molar-refractivity contribution in [1.29, 1.82) is 0 Å². The van der Waals surface area contributed by atoms with Gasteiger partial charge in [0.2, 0.25) is 0 Å². The second kappa shape index (κ2) is 3.47. The molecule has 0 bridgehead atoms. The summed E-state index contributed by atoms with van der Waals surface area (Å²) in [7, 11) is 0. The number of aryl methyl sites for hydroxylation is 1. The first kappa shape index (κ1) is 9.86. The minimum absolute atomic E-state index is 0.175. The molecule has 2 heterocycles. The molecule has 2 rings (SSSR count). The smallest absolute Gasteiger partial charge is 0.0900 e. The lowest BCUT2D eigenvalue weighted by Crippen LogP contribution is -2.29. The summed E-state index contributed by atoms with van der Waals surface area (Å²) in [4.78, 5) is 6.11. The fourth-order valence-corrected chi connectivity index (χ4v) is 3.62. The lowest BCUT2D eigenvalue weighted by molar-refractivity contribution is 0.616. The number of fused-ring (bicyclic) bond motifs is 1. The number of halogens is 1. The summed E-state index contributed by atoms with van der Waals surface area (Å²) in [5.74, 6) is 0. The van der Waals surface area contributed by atoms with Gasteiger partial charge in [-0.2, -0.15) is 0 Å². The van der Waals surface area contributed by atoms with Crippen molar-refractivity contribution in [2.24, 2.45) is 0 Å². The summed E-state index contributed by atoms with van der Waals surface area (Å²) in [6, 6.07) is 0. The van der Waals surface area contributed by atoms with E-state index in [9.17, 15) is 0 Å². The third kappa shape index (κ3) is 1.89. The van der Waals surface area contributed by atoms with Crippen LogP contribution in [0.4, 0.5) is 0 Å². The summed E-state index contributed by atoms with van der Waals surface area (Å²) in [5, 5.41) is 4.65. The predicted octanol–water partition coefficient (Wildman–Crippen LogP) is 2.25. The van der Waals surface area contributed by atoms with Gasteiger partial charge in [-0.3, -0.25) is 0 Å². The first-order chi connectivity index (χ1) is 6.09. The Hall–Kier alpha value is 0.320. The number of aromatic nitrogens is 1. The summed E-state index contributed by atoms with van der Waals surface area (Å²) < 4.78 is 0.175. The molecule has 1 aromatic rings. The van der Waals surface area contributed by atoms with E-state index < -0.39 is 0 Å². The molecule has 1 aliphatic heterocycles. The molecule has 0 aromatic carbocycles. The van der Waals surface area contributed by atoms with Crippen molar-refractivity contribution in [3.05, 3.63) is 15.6 Å². The third-order valence-electron chi connectivity index (χ3n) is 2.28. The van der Waals surface area contributed by atoms with E-state index in [1.807, 2.05) is 11.3 Å². The van der Waals surface area contributed by atoms with Crippen molar-refractivity contribution in [2.45, 2.75) is 23.7 Å². The van der Waals surface area contributed by atoms with Crippen LogP contribution in [0.15, 0.2) is 0 Å². The van der Waals surface area contributed by atoms with E-state index >= 15 is 0 Å². The van der Waals surface area contributed by atoms with Gasteiger partial charge in [-0.15, -0.1) is 11.3 Å². The fraction of sp³-hybridized carbons (Fsp3) is 0.667. The standard InChI is InChI=1S/C9H13IN2S/c1-6-12-8-7(13-6)3-4-11-5-9(8,2)10/h11H,3-5H2,1-2H3. The molecule has 1 N–H and O–H groups in total. The number of thiazole rings is 1. The van der Waals surface area contributed by atoms with Crippen LogP contribution in [0.1, 0.15) is 22.5 Å². The molecule has 0 fully saturated rings. The summed E-state index contributed by atoms with van der Waals surface area (Å²) in [6.45, 7) is 6.47. The molecule has 0 aliphatic carbocycles. The number of rotatable bonds is 0. The molecule has 4 heteroatoms. The van der Waals surface area contributed by atoms with Crippen LogP contribution in [0.2, 0.25) is 0 Å². The normalized spacial score (nSPS) is 28.2. The van der Waals surface area contributed by atoms with Crippen LogP contribution in [0.3, 0.4) is 0 Å².